The van der Waals surface area contributed by atoms with E-state index < -0.39 is 41.7 Å². The van der Waals surface area contributed by atoms with Crippen LogP contribution in [-0.4, -0.2) is 78.8 Å². The van der Waals surface area contributed by atoms with Crippen molar-refractivity contribution in [2.45, 2.75) is 17.6 Å². The molecule has 7 N–H and O–H groups in total. The van der Waals surface area contributed by atoms with Crippen molar-refractivity contribution in [2.24, 2.45) is 5.16 Å². The van der Waals surface area contributed by atoms with Crippen molar-refractivity contribution in [2.75, 3.05) is 11.5 Å². The number of anilines is 1. The summed E-state index contributed by atoms with van der Waals surface area (Å²) in [5, 5.41) is 24.9. The van der Waals surface area contributed by atoms with Crippen molar-refractivity contribution < 1.29 is 48.1 Å². The Hall–Kier alpha value is -3.44. The van der Waals surface area contributed by atoms with Gasteiger partial charge in [0.15, 0.2) is 10.8 Å². The minimum atomic E-state index is -4.64. The number of nitrogens with two attached hydrogens (primary N) is 1. The zero-order valence-electron chi connectivity index (χ0n) is 16.2. The number of allylic oxidation sites excluding steroid dienone is 1. The molecule has 0 unspecified atom stereocenters. The topological polar surface area (TPSA) is 207 Å². The van der Waals surface area contributed by atoms with Gasteiger partial charge in [0.05, 0.1) is 0 Å². The number of carbonyl (C=O) groups is 4. The van der Waals surface area contributed by atoms with Crippen LogP contribution in [0.4, 0.5) is 18.3 Å². The highest BCUT2D eigenvalue weighted by atomic mass is 32.2. The van der Waals surface area contributed by atoms with E-state index in [0.29, 0.717) is 11.3 Å². The molecule has 2 aliphatic heterocycles. The van der Waals surface area contributed by atoms with Gasteiger partial charge in [0.25, 0.3) is 11.8 Å². The van der Waals surface area contributed by atoms with Crippen LogP contribution < -0.4 is 11.1 Å². The first kappa shape index (κ1) is 27.6. The maximum absolute atomic E-state index is 12.4. The van der Waals surface area contributed by atoms with Gasteiger partial charge >= 0.3 is 12.1 Å². The number of rotatable bonds is 5. The highest BCUT2D eigenvalue weighted by molar-refractivity contribution is 8.00. The Morgan fingerprint density at radius 2 is 2.03 bits per heavy atom. The van der Waals surface area contributed by atoms with Crippen molar-refractivity contribution in [1.29, 1.82) is 0 Å². The first-order valence-electron chi connectivity index (χ1n) is 8.26. The van der Waals surface area contributed by atoms with Crippen molar-refractivity contribution in [3.05, 3.63) is 35.0 Å². The average Bonchev–Trinajstić information content (AvgIpc) is 3.16. The number of thiazole rings is 1. The van der Waals surface area contributed by atoms with E-state index in [1.165, 1.54) is 23.2 Å². The number of carboxylic acids is 1. The van der Waals surface area contributed by atoms with E-state index in [1.807, 2.05) is 0 Å². The molecule has 3 rings (SSSR count). The van der Waals surface area contributed by atoms with E-state index in [0.717, 1.165) is 16.2 Å². The number of oxime groups is 1. The van der Waals surface area contributed by atoms with Crippen LogP contribution in [0.2, 0.25) is 0 Å². The number of β-lactam (4-membered cyclic amide) rings is 1. The summed E-state index contributed by atoms with van der Waals surface area (Å²) in [6.45, 7) is 3.56. The average molecular weight is 514 g/mol. The lowest BCUT2D eigenvalue weighted by Gasteiger charge is -2.49. The fourth-order valence-electron chi connectivity index (χ4n) is 2.62. The minimum Gasteiger partial charge on any atom is -0.477 e. The Labute approximate surface area is 190 Å². The zero-order chi connectivity index (χ0) is 24.2. The SMILES string of the molecule is C=CC1=C(C(=O)O)N2C(=O)[C@@H](NC(=O)/C(=N\O)c3cs[13c]([15NH2])[15n]3)[C@H]2SC1.O.O=CC(F)(F)F. The second-order valence-corrected chi connectivity index (χ2v) is 7.92. The van der Waals surface area contributed by atoms with E-state index in [1.54, 1.807) is 0 Å². The number of carbonyl (C=O) groups excluding carboxylic acids is 3. The molecule has 1 saturated heterocycles. The summed E-state index contributed by atoms with van der Waals surface area (Å²) in [4.78, 5) is 49.9. The summed E-state index contributed by atoms with van der Waals surface area (Å²) in [7, 11) is 0. The molecule has 180 valence electrons. The number of hydrogen-bond donors (Lipinski definition) is 4. The molecule has 0 spiro atoms. The molecule has 2 aliphatic rings. The van der Waals surface area contributed by atoms with Gasteiger partial charge < -0.3 is 26.8 Å². The lowest BCUT2D eigenvalue weighted by Crippen LogP contribution is -2.71. The molecular formula is C16H16F3N5O7S2. The summed E-state index contributed by atoms with van der Waals surface area (Å²) >= 11 is 2.37. The predicted molar refractivity (Wildman–Crippen MR) is 110 cm³/mol. The first-order valence-corrected chi connectivity index (χ1v) is 10.2. The first-order chi connectivity index (χ1) is 14.9. The Bertz CT molecular complexity index is 1020. The third kappa shape index (κ3) is 6.08. The summed E-state index contributed by atoms with van der Waals surface area (Å²) in [5.74, 6) is -2.27. The van der Waals surface area contributed by atoms with Crippen molar-refractivity contribution in [3.63, 3.8) is 0 Å². The summed E-state index contributed by atoms with van der Waals surface area (Å²) < 4.78 is 31.2. The van der Waals surface area contributed by atoms with Crippen LogP contribution in [0, 0.1) is 0 Å². The number of carboxylic acid groups (broad SMARTS) is 1. The number of alkyl halides is 3. The smallest absolute Gasteiger partial charge is 0.446 e. The lowest BCUT2D eigenvalue weighted by atomic mass is 10.0. The third-order valence-corrected chi connectivity index (χ3v) is 5.92. The molecule has 1 fully saturated rings. The maximum atomic E-state index is 12.4. The van der Waals surface area contributed by atoms with Gasteiger partial charge in [-0.2, -0.15) is 13.2 Å². The molecule has 2 atom stereocenters. The van der Waals surface area contributed by atoms with Gasteiger partial charge in [0.2, 0.25) is 6.29 Å². The van der Waals surface area contributed by atoms with E-state index in [2.05, 4.69) is 22.0 Å². The number of aldehydes is 1. The molecule has 17 heteroatoms. The number of nitrogens with one attached hydrogen (secondary N) is 1. The molecule has 2 amide bonds. The monoisotopic (exact) mass is 514 g/mol. The van der Waals surface area contributed by atoms with E-state index >= 15 is 0 Å². The molecule has 0 aromatic carbocycles. The van der Waals surface area contributed by atoms with Crippen molar-refractivity contribution in [3.8, 4) is 0 Å². The molecule has 1 aromatic rings. The number of amides is 2. The second kappa shape index (κ2) is 10.9. The van der Waals surface area contributed by atoms with Gasteiger partial charge in [0.1, 0.15) is 22.8 Å². The number of aliphatic carboxylic acids is 1. The van der Waals surface area contributed by atoms with E-state index in [4.69, 9.17) is 15.7 Å². The van der Waals surface area contributed by atoms with Gasteiger partial charge in [-0.1, -0.05) is 17.8 Å². The van der Waals surface area contributed by atoms with Crippen molar-refractivity contribution in [1.82, 2.24) is 15.2 Å². The van der Waals surface area contributed by atoms with Gasteiger partial charge in [-0.15, -0.1) is 23.1 Å². The quantitative estimate of drug-likeness (QED) is 0.102. The van der Waals surface area contributed by atoms with Crippen LogP contribution in [0.3, 0.4) is 0 Å². The van der Waals surface area contributed by atoms with Crippen LogP contribution in [0.1, 0.15) is 5.69 Å². The van der Waals surface area contributed by atoms with Gasteiger partial charge in [-0.05, 0) is 5.57 Å². The Kier molecular flexibility index (Phi) is 9.14. The number of nitrogen functional groups attached to an aromatic ring is 1. The van der Waals surface area contributed by atoms with Gasteiger partial charge in [-0.25, -0.2) is 9.78 Å². The minimum absolute atomic E-state index is 0. The fourth-order valence-corrected chi connectivity index (χ4v) is 4.51. The normalized spacial score (nSPS) is 19.8. The molecular weight excluding hydrogens is 498 g/mol. The Morgan fingerprint density at radius 1 is 1.42 bits per heavy atom. The number of fused-ring (bicyclic) bond motifs is 1. The number of aromatic nitrogens is 1. The highest BCUT2D eigenvalue weighted by Crippen LogP contribution is 2.40. The Balaban J connectivity index is 0.000000691. The second-order valence-electron chi connectivity index (χ2n) is 5.92. The molecule has 3 heterocycles. The molecule has 1 aromatic heterocycles. The maximum Gasteiger partial charge on any atom is 0.446 e. The Morgan fingerprint density at radius 3 is 2.45 bits per heavy atom. The number of halogens is 3. The molecule has 0 radical (unpaired) electrons. The highest BCUT2D eigenvalue weighted by Gasteiger charge is 2.54. The van der Waals surface area contributed by atoms with Crippen LogP contribution >= 0.6 is 23.1 Å². The van der Waals surface area contributed by atoms with E-state index in [9.17, 15) is 32.7 Å². The van der Waals surface area contributed by atoms with Crippen LogP contribution in [0.15, 0.2) is 34.5 Å². The molecule has 33 heavy (non-hydrogen) atoms. The lowest BCUT2D eigenvalue weighted by molar-refractivity contribution is -0.156. The van der Waals surface area contributed by atoms with Gasteiger partial charge in [-0.3, -0.25) is 19.3 Å². The summed E-state index contributed by atoms with van der Waals surface area (Å²) in [6.07, 6.45) is -4.30. The van der Waals surface area contributed by atoms with Crippen LogP contribution in [0.5, 0.6) is 0 Å². The predicted octanol–water partition coefficient (Wildman–Crippen LogP) is -0.249. The van der Waals surface area contributed by atoms with E-state index in [-0.39, 0.29) is 27.7 Å². The van der Waals surface area contributed by atoms with Crippen molar-refractivity contribution >= 4 is 58.0 Å². The molecule has 0 aliphatic carbocycles. The zero-order valence-corrected chi connectivity index (χ0v) is 17.8. The number of nitrogens with zero attached hydrogens (tertiary/aromatic N) is 3. The molecule has 0 saturated carbocycles. The fraction of sp³-hybridized carbons (Fsp3) is 0.250. The summed E-state index contributed by atoms with van der Waals surface area (Å²) in [6, 6.07) is -0.944. The number of thioether (sulfide) groups is 1. The molecule has 0 bridgehead atoms. The number of hydrogen-bond acceptors (Lipinski definition) is 10. The molecule has 12 nitrogen and oxygen atoms in total. The largest absolute Gasteiger partial charge is 0.477 e. The van der Waals surface area contributed by atoms with Gasteiger partial charge in [0, 0.05) is 11.1 Å². The standard InChI is InChI=1S/C14H13N5O5S2.C2HF3O.H2O/c1-2-5-3-25-12-8(11(21)19(12)9(5)13(22)23)17-10(20)7(18-24)6-4-26-14(15)16-6;3-2(4,5)1-6;/h2,4,8,12,24H,1,3H2,(H2,15,16)(H,17,20)(H,22,23);1H;1H2/b18-7-;;/t8-,12-;;/m1../s1/i14+1,15+1,16+1;;. The van der Waals surface area contributed by atoms with Crippen LogP contribution in [-0.2, 0) is 19.2 Å². The summed E-state index contributed by atoms with van der Waals surface area (Å²) in [5.41, 5.74) is 5.49. The third-order valence-electron chi connectivity index (χ3n) is 3.95. The van der Waals surface area contributed by atoms with Crippen LogP contribution in [0.25, 0.3) is 0 Å².